The van der Waals surface area contributed by atoms with Crippen LogP contribution in [0, 0.1) is 0 Å². The van der Waals surface area contributed by atoms with Crippen LogP contribution in [0.1, 0.15) is 11.1 Å². The van der Waals surface area contributed by atoms with Gasteiger partial charge < -0.3 is 15.6 Å². The second-order valence-corrected chi connectivity index (χ2v) is 8.04. The van der Waals surface area contributed by atoms with Gasteiger partial charge in [-0.1, -0.05) is 91.7 Å². The minimum Gasteiger partial charge on any atom is -0.369 e. The molecule has 0 fully saturated rings. The van der Waals surface area contributed by atoms with E-state index in [-0.39, 0.29) is 5.91 Å². The maximum absolute atomic E-state index is 12.7. The molecule has 0 bridgehead atoms. The van der Waals surface area contributed by atoms with E-state index in [1.54, 1.807) is 18.1 Å². The molecule has 0 unspecified atom stereocenters. The molecular weight excluding hydrogens is 430 g/mol. The van der Waals surface area contributed by atoms with Crippen molar-refractivity contribution in [2.45, 2.75) is 13.0 Å². The molecule has 4 rings (SSSR count). The number of aromatic nitrogens is 2. The highest BCUT2D eigenvalue weighted by atomic mass is 32.1. The van der Waals surface area contributed by atoms with Gasteiger partial charge in [-0.05, 0) is 34.9 Å². The lowest BCUT2D eigenvalue weighted by molar-refractivity contribution is -0.129. The number of hydrogen-bond donors (Lipinski definition) is 4. The molecule has 4 aromatic rings. The van der Waals surface area contributed by atoms with Crippen LogP contribution in [0.25, 0.3) is 22.4 Å². The Morgan fingerprint density at radius 2 is 1.48 bits per heavy atom. The standard InChI is InChI=1S/C25H24N4O.CH5NS/c1-29(17-19-9-13-22(14-10-19)23-16-27-25(26)28-23)24(30)15-18-7-11-21(12-8-18)20-5-3-2-4-6-20;1-2-3/h2-14,16H,15,17H2,1H3,(H3,26,27,28);2-3H,1H3. The number of H-pyrrole nitrogens is 1. The number of nitrogens with two attached hydrogens (primary N) is 1. The normalized spacial score (nSPS) is 10.3. The van der Waals surface area contributed by atoms with Crippen molar-refractivity contribution in [3.8, 4) is 22.4 Å². The van der Waals surface area contributed by atoms with Crippen LogP contribution in [0.3, 0.4) is 0 Å². The molecule has 7 heteroatoms. The molecule has 1 aromatic heterocycles. The maximum Gasteiger partial charge on any atom is 0.227 e. The SMILES string of the molecule is CN(Cc1ccc(-c2cnc(N)[nH]2)cc1)C(=O)Cc1ccc(-c2ccccc2)cc1.CNS. The Morgan fingerprint density at radius 1 is 0.939 bits per heavy atom. The summed E-state index contributed by atoms with van der Waals surface area (Å²) in [5.74, 6) is 0.490. The fourth-order valence-electron chi connectivity index (χ4n) is 3.39. The third kappa shape index (κ3) is 6.97. The summed E-state index contributed by atoms with van der Waals surface area (Å²) in [6, 6.07) is 26.5. The van der Waals surface area contributed by atoms with Crippen molar-refractivity contribution < 1.29 is 4.79 Å². The number of nitrogen functional groups attached to an aromatic ring is 1. The Kier molecular flexibility index (Phi) is 8.69. The van der Waals surface area contributed by atoms with Crippen LogP contribution in [0.5, 0.6) is 0 Å². The number of rotatable bonds is 6. The average Bonchev–Trinajstić information content (AvgIpc) is 3.27. The van der Waals surface area contributed by atoms with Crippen LogP contribution < -0.4 is 10.5 Å². The third-order valence-corrected chi connectivity index (χ3v) is 5.12. The van der Waals surface area contributed by atoms with Gasteiger partial charge in [0.15, 0.2) is 5.95 Å². The minimum absolute atomic E-state index is 0.0906. The summed E-state index contributed by atoms with van der Waals surface area (Å²) in [7, 11) is 3.58. The molecule has 170 valence electrons. The van der Waals surface area contributed by atoms with Crippen LogP contribution in [0.2, 0.25) is 0 Å². The predicted molar refractivity (Wildman–Crippen MR) is 139 cm³/mol. The molecule has 0 saturated heterocycles. The van der Waals surface area contributed by atoms with Gasteiger partial charge in [-0.25, -0.2) is 4.98 Å². The van der Waals surface area contributed by atoms with E-state index in [1.807, 2.05) is 61.6 Å². The molecule has 0 radical (unpaired) electrons. The quantitative estimate of drug-likeness (QED) is 0.318. The van der Waals surface area contributed by atoms with E-state index in [4.69, 9.17) is 5.73 Å². The summed E-state index contributed by atoms with van der Waals surface area (Å²) in [6.45, 7) is 0.562. The summed E-state index contributed by atoms with van der Waals surface area (Å²) in [5.41, 5.74) is 11.9. The summed E-state index contributed by atoms with van der Waals surface area (Å²) < 4.78 is 2.44. The monoisotopic (exact) mass is 459 g/mol. The van der Waals surface area contributed by atoms with Crippen LogP contribution in [0.15, 0.2) is 85.1 Å². The Morgan fingerprint density at radius 3 is 2.06 bits per heavy atom. The number of thiol groups is 1. The molecule has 3 aromatic carbocycles. The van der Waals surface area contributed by atoms with Gasteiger partial charge in [-0.3, -0.25) is 9.52 Å². The largest absolute Gasteiger partial charge is 0.369 e. The smallest absolute Gasteiger partial charge is 0.227 e. The zero-order valence-corrected chi connectivity index (χ0v) is 19.7. The summed E-state index contributed by atoms with van der Waals surface area (Å²) in [6.07, 6.45) is 2.10. The van der Waals surface area contributed by atoms with Crippen molar-refractivity contribution in [1.82, 2.24) is 19.6 Å². The van der Waals surface area contributed by atoms with Gasteiger partial charge in [0.1, 0.15) is 0 Å². The van der Waals surface area contributed by atoms with Crippen LogP contribution in [-0.4, -0.2) is 34.9 Å². The van der Waals surface area contributed by atoms with Crippen LogP contribution in [-0.2, 0) is 17.8 Å². The highest BCUT2D eigenvalue weighted by Crippen LogP contribution is 2.21. The Balaban J connectivity index is 0.000000968. The molecule has 6 nitrogen and oxygen atoms in total. The van der Waals surface area contributed by atoms with Gasteiger partial charge >= 0.3 is 0 Å². The first-order chi connectivity index (χ1) is 16.0. The molecule has 0 aliphatic rings. The van der Waals surface area contributed by atoms with E-state index in [2.05, 4.69) is 51.8 Å². The zero-order valence-electron chi connectivity index (χ0n) is 18.8. The van der Waals surface area contributed by atoms with Crippen molar-refractivity contribution in [3.05, 3.63) is 96.2 Å². The second kappa shape index (κ2) is 11.9. The highest BCUT2D eigenvalue weighted by Gasteiger charge is 2.11. The lowest BCUT2D eigenvalue weighted by Gasteiger charge is -2.18. The Bertz CT molecular complexity index is 1140. The molecule has 0 aliphatic carbocycles. The third-order valence-electron chi connectivity index (χ3n) is 5.12. The van der Waals surface area contributed by atoms with E-state index in [0.29, 0.717) is 18.9 Å². The van der Waals surface area contributed by atoms with E-state index in [0.717, 1.165) is 27.9 Å². The first-order valence-electron chi connectivity index (χ1n) is 10.6. The van der Waals surface area contributed by atoms with E-state index in [9.17, 15) is 4.79 Å². The Hall–Kier alpha value is -3.55. The van der Waals surface area contributed by atoms with Crippen molar-refractivity contribution in [2.24, 2.45) is 0 Å². The number of likely N-dealkylation sites (N-methyl/N-ethyl adjacent to an activating group) is 1. The summed E-state index contributed by atoms with van der Waals surface area (Å²) in [5, 5.41) is 0. The van der Waals surface area contributed by atoms with Crippen molar-refractivity contribution in [2.75, 3.05) is 19.8 Å². The number of amides is 1. The number of anilines is 1. The number of carbonyl (C=O) groups is 1. The van der Waals surface area contributed by atoms with Gasteiger partial charge in [0.2, 0.25) is 5.91 Å². The first kappa shape index (κ1) is 24.1. The predicted octanol–water partition coefficient (Wildman–Crippen LogP) is 4.58. The Labute approximate surface area is 200 Å². The molecule has 0 spiro atoms. The second-order valence-electron chi connectivity index (χ2n) is 7.59. The maximum atomic E-state index is 12.7. The molecule has 1 amide bonds. The zero-order chi connectivity index (χ0) is 23.6. The van der Waals surface area contributed by atoms with Crippen LogP contribution >= 0.6 is 12.8 Å². The van der Waals surface area contributed by atoms with Gasteiger partial charge in [-0.15, -0.1) is 0 Å². The molecule has 0 aliphatic heterocycles. The van der Waals surface area contributed by atoms with Gasteiger partial charge in [-0.2, -0.15) is 0 Å². The molecule has 1 heterocycles. The number of hydrogen-bond acceptors (Lipinski definition) is 5. The lowest BCUT2D eigenvalue weighted by Crippen LogP contribution is -2.27. The summed E-state index contributed by atoms with van der Waals surface area (Å²) >= 11 is 3.54. The number of nitrogens with one attached hydrogen (secondary N) is 2. The number of benzene rings is 3. The molecule has 0 saturated carbocycles. The summed E-state index contributed by atoms with van der Waals surface area (Å²) in [4.78, 5) is 21.5. The molecule has 0 atom stereocenters. The number of aromatic amines is 1. The topological polar surface area (TPSA) is 87.0 Å². The van der Waals surface area contributed by atoms with Crippen molar-refractivity contribution >= 4 is 24.7 Å². The van der Waals surface area contributed by atoms with E-state index < -0.39 is 0 Å². The minimum atomic E-state index is 0.0906. The van der Waals surface area contributed by atoms with Crippen molar-refractivity contribution in [3.63, 3.8) is 0 Å². The van der Waals surface area contributed by atoms with Gasteiger partial charge in [0, 0.05) is 13.6 Å². The fraction of sp³-hybridized carbons (Fsp3) is 0.154. The van der Waals surface area contributed by atoms with Gasteiger partial charge in [0.05, 0.1) is 18.3 Å². The highest BCUT2D eigenvalue weighted by molar-refractivity contribution is 7.78. The first-order valence-corrected chi connectivity index (χ1v) is 11.0. The fourth-order valence-corrected chi connectivity index (χ4v) is 3.39. The molecule has 33 heavy (non-hydrogen) atoms. The van der Waals surface area contributed by atoms with Crippen LogP contribution in [0.4, 0.5) is 5.95 Å². The number of nitrogens with zero attached hydrogens (tertiary/aromatic N) is 2. The van der Waals surface area contributed by atoms with Crippen molar-refractivity contribution in [1.29, 1.82) is 0 Å². The van der Waals surface area contributed by atoms with Gasteiger partial charge in [0.25, 0.3) is 0 Å². The molecular formula is C26H29N5OS. The van der Waals surface area contributed by atoms with E-state index in [1.165, 1.54) is 5.56 Å². The van der Waals surface area contributed by atoms with E-state index >= 15 is 0 Å². The average molecular weight is 460 g/mol. The number of imidazole rings is 1. The molecule has 4 N–H and O–H groups in total. The number of carbonyl (C=O) groups excluding carboxylic acids is 1. The lowest BCUT2D eigenvalue weighted by atomic mass is 10.0.